The minimum absolute atomic E-state index is 0.488. The third-order valence-electron chi connectivity index (χ3n) is 5.47. The Labute approximate surface area is 130 Å². The molecule has 0 bridgehead atoms. The van der Waals surface area contributed by atoms with E-state index in [4.69, 9.17) is 0 Å². The Morgan fingerprint density at radius 2 is 1.76 bits per heavy atom. The molecule has 120 valence electrons. The summed E-state index contributed by atoms with van der Waals surface area (Å²) in [5.41, 5.74) is 4.32. The fourth-order valence-electron chi connectivity index (χ4n) is 3.71. The number of aryl methyl sites for hydroxylation is 2. The first kappa shape index (κ1) is 16.5. The van der Waals surface area contributed by atoms with Crippen LogP contribution in [0.3, 0.4) is 0 Å². The van der Waals surface area contributed by atoms with Gasteiger partial charge in [0.15, 0.2) is 0 Å². The molecule has 0 radical (unpaired) electrons. The Morgan fingerprint density at radius 1 is 1.14 bits per heavy atom. The van der Waals surface area contributed by atoms with Gasteiger partial charge in [-0.15, -0.1) is 0 Å². The van der Waals surface area contributed by atoms with Gasteiger partial charge < -0.3 is 5.32 Å². The zero-order valence-corrected chi connectivity index (χ0v) is 14.8. The second kappa shape index (κ2) is 6.51. The van der Waals surface area contributed by atoms with Crippen molar-refractivity contribution in [3.05, 3.63) is 17.0 Å². The van der Waals surface area contributed by atoms with Gasteiger partial charge in [-0.1, -0.05) is 20.8 Å². The van der Waals surface area contributed by atoms with E-state index in [9.17, 15) is 0 Å². The first-order chi connectivity index (χ1) is 9.79. The van der Waals surface area contributed by atoms with Gasteiger partial charge in [0.05, 0.1) is 5.69 Å². The predicted octanol–water partition coefficient (Wildman–Crippen LogP) is 3.98. The summed E-state index contributed by atoms with van der Waals surface area (Å²) in [6, 6.07) is 0. The molecule has 1 aromatic heterocycles. The molecule has 2 rings (SSSR count). The summed E-state index contributed by atoms with van der Waals surface area (Å²) in [6.07, 6.45) is 5.58. The lowest BCUT2D eigenvalue weighted by atomic mass is 9.70. The van der Waals surface area contributed by atoms with E-state index >= 15 is 0 Å². The standard InChI is InChI=1S/C18H33N3/c1-13-17(14(2)21(6)20-13)12-19-11-15-7-9-16(10-8-15)18(3,4)5/h15-16,19H,7-12H2,1-6H3. The number of rotatable bonds is 4. The van der Waals surface area contributed by atoms with Gasteiger partial charge >= 0.3 is 0 Å². The zero-order valence-electron chi connectivity index (χ0n) is 14.8. The molecule has 0 spiro atoms. The maximum atomic E-state index is 4.49. The average molecular weight is 291 g/mol. The Balaban J connectivity index is 1.75. The summed E-state index contributed by atoms with van der Waals surface area (Å²) < 4.78 is 1.99. The van der Waals surface area contributed by atoms with Gasteiger partial charge in [0.1, 0.15) is 0 Å². The SMILES string of the molecule is Cc1nn(C)c(C)c1CNCC1CCC(C(C)(C)C)CC1. The van der Waals surface area contributed by atoms with Crippen molar-refractivity contribution in [2.45, 2.75) is 66.8 Å². The molecule has 1 aliphatic carbocycles. The third kappa shape index (κ3) is 4.09. The van der Waals surface area contributed by atoms with Crippen LogP contribution in [0, 0.1) is 31.1 Å². The number of nitrogens with zero attached hydrogens (tertiary/aromatic N) is 2. The highest BCUT2D eigenvalue weighted by Gasteiger charge is 2.29. The fourth-order valence-corrected chi connectivity index (χ4v) is 3.71. The van der Waals surface area contributed by atoms with Gasteiger partial charge in [0.2, 0.25) is 0 Å². The quantitative estimate of drug-likeness (QED) is 0.909. The minimum Gasteiger partial charge on any atom is -0.312 e. The van der Waals surface area contributed by atoms with Gasteiger partial charge in [-0.05, 0) is 63.3 Å². The zero-order chi connectivity index (χ0) is 15.6. The second-order valence-electron chi connectivity index (χ2n) is 7.99. The van der Waals surface area contributed by atoms with E-state index in [1.807, 2.05) is 11.7 Å². The van der Waals surface area contributed by atoms with E-state index in [1.165, 1.54) is 42.6 Å². The first-order valence-corrected chi connectivity index (χ1v) is 8.49. The van der Waals surface area contributed by atoms with Crippen LogP contribution in [0.15, 0.2) is 0 Å². The number of aromatic nitrogens is 2. The molecule has 0 amide bonds. The molecule has 3 nitrogen and oxygen atoms in total. The highest BCUT2D eigenvalue weighted by atomic mass is 15.3. The average Bonchev–Trinajstić information content (AvgIpc) is 2.64. The molecule has 0 aliphatic heterocycles. The molecule has 0 unspecified atom stereocenters. The summed E-state index contributed by atoms with van der Waals surface area (Å²) in [5, 5.41) is 8.16. The predicted molar refractivity (Wildman–Crippen MR) is 89.3 cm³/mol. The van der Waals surface area contributed by atoms with Crippen LogP contribution in [0.5, 0.6) is 0 Å². The van der Waals surface area contributed by atoms with E-state index < -0.39 is 0 Å². The van der Waals surface area contributed by atoms with Crippen molar-refractivity contribution in [1.82, 2.24) is 15.1 Å². The second-order valence-corrected chi connectivity index (χ2v) is 7.99. The number of hydrogen-bond acceptors (Lipinski definition) is 2. The molecule has 0 atom stereocenters. The molecular weight excluding hydrogens is 258 g/mol. The molecule has 1 aromatic rings. The Morgan fingerprint density at radius 3 is 2.24 bits per heavy atom. The van der Waals surface area contributed by atoms with E-state index in [1.54, 1.807) is 0 Å². The molecular formula is C18H33N3. The van der Waals surface area contributed by atoms with Crippen molar-refractivity contribution >= 4 is 0 Å². The van der Waals surface area contributed by atoms with Gasteiger partial charge in [0, 0.05) is 24.8 Å². The maximum absolute atomic E-state index is 4.49. The summed E-state index contributed by atoms with van der Waals surface area (Å²) in [4.78, 5) is 0. The number of hydrogen-bond donors (Lipinski definition) is 1. The summed E-state index contributed by atoms with van der Waals surface area (Å²) in [5.74, 6) is 1.78. The van der Waals surface area contributed by atoms with Crippen molar-refractivity contribution < 1.29 is 0 Å². The van der Waals surface area contributed by atoms with Crippen LogP contribution in [0.4, 0.5) is 0 Å². The van der Waals surface area contributed by atoms with Crippen LogP contribution in [-0.2, 0) is 13.6 Å². The van der Waals surface area contributed by atoms with Gasteiger partial charge in [-0.2, -0.15) is 5.10 Å². The van der Waals surface area contributed by atoms with Crippen LogP contribution < -0.4 is 5.32 Å². The summed E-state index contributed by atoms with van der Waals surface area (Å²) >= 11 is 0. The number of nitrogens with one attached hydrogen (secondary N) is 1. The molecule has 1 N–H and O–H groups in total. The van der Waals surface area contributed by atoms with E-state index in [2.05, 4.69) is 45.0 Å². The Bertz CT molecular complexity index is 460. The lowest BCUT2D eigenvalue weighted by molar-refractivity contribution is 0.149. The summed E-state index contributed by atoms with van der Waals surface area (Å²) in [7, 11) is 2.03. The molecule has 0 aromatic carbocycles. The van der Waals surface area contributed by atoms with Crippen molar-refractivity contribution in [3.8, 4) is 0 Å². The van der Waals surface area contributed by atoms with Crippen LogP contribution in [0.25, 0.3) is 0 Å². The van der Waals surface area contributed by atoms with Crippen molar-refractivity contribution in [3.63, 3.8) is 0 Å². The molecule has 1 aliphatic rings. The largest absolute Gasteiger partial charge is 0.312 e. The van der Waals surface area contributed by atoms with Gasteiger partial charge in [-0.3, -0.25) is 4.68 Å². The van der Waals surface area contributed by atoms with E-state index in [-0.39, 0.29) is 0 Å². The topological polar surface area (TPSA) is 29.9 Å². The van der Waals surface area contributed by atoms with Gasteiger partial charge in [0.25, 0.3) is 0 Å². The minimum atomic E-state index is 0.488. The Kier molecular flexibility index (Phi) is 5.13. The van der Waals surface area contributed by atoms with E-state index in [0.29, 0.717) is 5.41 Å². The molecule has 1 saturated carbocycles. The molecule has 1 heterocycles. The molecule has 3 heteroatoms. The van der Waals surface area contributed by atoms with Crippen LogP contribution in [0.2, 0.25) is 0 Å². The van der Waals surface area contributed by atoms with Crippen molar-refractivity contribution in [1.29, 1.82) is 0 Å². The molecule has 0 saturated heterocycles. The highest BCUT2D eigenvalue weighted by Crippen LogP contribution is 2.39. The Hall–Kier alpha value is -0.830. The third-order valence-corrected chi connectivity index (χ3v) is 5.47. The summed E-state index contributed by atoms with van der Waals surface area (Å²) in [6.45, 7) is 13.6. The smallest absolute Gasteiger partial charge is 0.0641 e. The first-order valence-electron chi connectivity index (χ1n) is 8.49. The van der Waals surface area contributed by atoms with Crippen LogP contribution in [-0.4, -0.2) is 16.3 Å². The fraction of sp³-hybridized carbons (Fsp3) is 0.833. The van der Waals surface area contributed by atoms with Crippen LogP contribution in [0.1, 0.15) is 63.4 Å². The normalized spacial score (nSPS) is 23.5. The van der Waals surface area contributed by atoms with Crippen molar-refractivity contribution in [2.75, 3.05) is 6.54 Å². The lowest BCUT2D eigenvalue weighted by Gasteiger charge is -2.37. The van der Waals surface area contributed by atoms with Crippen LogP contribution >= 0.6 is 0 Å². The monoisotopic (exact) mass is 291 g/mol. The highest BCUT2D eigenvalue weighted by molar-refractivity contribution is 5.23. The molecule has 21 heavy (non-hydrogen) atoms. The van der Waals surface area contributed by atoms with Gasteiger partial charge in [-0.25, -0.2) is 0 Å². The maximum Gasteiger partial charge on any atom is 0.0641 e. The van der Waals surface area contributed by atoms with E-state index in [0.717, 1.165) is 24.9 Å². The lowest BCUT2D eigenvalue weighted by Crippen LogP contribution is -2.30. The van der Waals surface area contributed by atoms with Crippen molar-refractivity contribution in [2.24, 2.45) is 24.3 Å². The molecule has 1 fully saturated rings.